The molecular formula is C15H15FN6O2. The third-order valence-electron chi connectivity index (χ3n) is 3.31. The number of pyridine rings is 1. The zero-order valence-electron chi connectivity index (χ0n) is 12.7. The number of hydrazone groups is 1. The van der Waals surface area contributed by atoms with Crippen LogP contribution < -0.4 is 10.3 Å². The van der Waals surface area contributed by atoms with Gasteiger partial charge in [0.05, 0.1) is 31.3 Å². The van der Waals surface area contributed by atoms with E-state index in [4.69, 9.17) is 4.74 Å². The van der Waals surface area contributed by atoms with Crippen LogP contribution in [0.5, 0.6) is 0 Å². The Morgan fingerprint density at radius 3 is 2.83 bits per heavy atom. The average molecular weight is 330 g/mol. The molecule has 9 heteroatoms. The summed E-state index contributed by atoms with van der Waals surface area (Å²) in [6.45, 7) is 2.20. The summed E-state index contributed by atoms with van der Waals surface area (Å²) in [5.41, 5.74) is 3.45. The van der Waals surface area contributed by atoms with Crippen molar-refractivity contribution < 1.29 is 13.9 Å². The SMILES string of the molecule is O=Cc1cccc(/C=N/Nc2ncc(F)c(N3CCOCC3)n2)n1. The molecule has 0 spiro atoms. The Kier molecular flexibility index (Phi) is 5.02. The number of halogens is 1. The second-order valence-corrected chi connectivity index (χ2v) is 4.94. The third-order valence-corrected chi connectivity index (χ3v) is 3.31. The Balaban J connectivity index is 1.70. The zero-order chi connectivity index (χ0) is 16.8. The average Bonchev–Trinajstić information content (AvgIpc) is 2.64. The number of nitrogens with one attached hydrogen (secondary N) is 1. The van der Waals surface area contributed by atoms with Gasteiger partial charge in [-0.1, -0.05) is 6.07 Å². The Morgan fingerprint density at radius 2 is 2.04 bits per heavy atom. The number of hydrogen-bond acceptors (Lipinski definition) is 8. The summed E-state index contributed by atoms with van der Waals surface area (Å²) in [6, 6.07) is 4.99. The van der Waals surface area contributed by atoms with Crippen molar-refractivity contribution in [3.05, 3.63) is 41.6 Å². The molecule has 0 radical (unpaired) electrons. The van der Waals surface area contributed by atoms with Crippen LogP contribution in [0.15, 0.2) is 29.5 Å². The summed E-state index contributed by atoms with van der Waals surface area (Å²) in [6.07, 6.45) is 3.18. The van der Waals surface area contributed by atoms with Crippen molar-refractivity contribution in [1.29, 1.82) is 0 Å². The highest BCUT2D eigenvalue weighted by Gasteiger charge is 2.17. The zero-order valence-corrected chi connectivity index (χ0v) is 12.7. The molecule has 0 saturated carbocycles. The summed E-state index contributed by atoms with van der Waals surface area (Å²) in [5.74, 6) is -0.112. The van der Waals surface area contributed by atoms with Gasteiger partial charge in [0.2, 0.25) is 5.95 Å². The van der Waals surface area contributed by atoms with Crippen molar-refractivity contribution in [3.8, 4) is 0 Å². The van der Waals surface area contributed by atoms with Gasteiger partial charge in [0.1, 0.15) is 5.69 Å². The second kappa shape index (κ2) is 7.55. The van der Waals surface area contributed by atoms with Crippen molar-refractivity contribution in [2.45, 2.75) is 0 Å². The van der Waals surface area contributed by atoms with E-state index in [0.717, 1.165) is 6.20 Å². The molecule has 1 saturated heterocycles. The normalized spacial score (nSPS) is 14.8. The maximum Gasteiger partial charge on any atom is 0.245 e. The topological polar surface area (TPSA) is 92.6 Å². The molecule has 3 rings (SSSR count). The second-order valence-electron chi connectivity index (χ2n) is 4.94. The molecule has 0 bridgehead atoms. The molecule has 0 atom stereocenters. The third kappa shape index (κ3) is 3.87. The molecule has 0 aliphatic carbocycles. The minimum Gasteiger partial charge on any atom is -0.378 e. The highest BCUT2D eigenvalue weighted by Crippen LogP contribution is 2.18. The molecule has 0 unspecified atom stereocenters. The fourth-order valence-corrected chi connectivity index (χ4v) is 2.17. The summed E-state index contributed by atoms with van der Waals surface area (Å²) < 4.78 is 19.2. The predicted molar refractivity (Wildman–Crippen MR) is 85.9 cm³/mol. The van der Waals surface area contributed by atoms with Crippen LogP contribution in [0.4, 0.5) is 16.2 Å². The molecule has 1 fully saturated rings. The number of hydrogen-bond donors (Lipinski definition) is 1. The van der Waals surface area contributed by atoms with E-state index in [1.165, 1.54) is 6.21 Å². The van der Waals surface area contributed by atoms with Crippen LogP contribution in [-0.4, -0.2) is 53.8 Å². The molecule has 0 aromatic carbocycles. The molecule has 1 aliphatic rings. The first-order chi connectivity index (χ1) is 11.8. The van der Waals surface area contributed by atoms with E-state index in [1.807, 2.05) is 0 Å². The van der Waals surface area contributed by atoms with Gasteiger partial charge in [0.25, 0.3) is 0 Å². The fraction of sp³-hybridized carbons (Fsp3) is 0.267. The number of carbonyl (C=O) groups excluding carboxylic acids is 1. The van der Waals surface area contributed by atoms with E-state index in [0.29, 0.717) is 44.0 Å². The molecule has 2 aromatic heterocycles. The van der Waals surface area contributed by atoms with Gasteiger partial charge in [-0.2, -0.15) is 10.1 Å². The van der Waals surface area contributed by atoms with Gasteiger partial charge in [-0.05, 0) is 12.1 Å². The number of ether oxygens (including phenoxy) is 1. The Bertz CT molecular complexity index is 748. The van der Waals surface area contributed by atoms with E-state index in [-0.39, 0.29) is 11.8 Å². The van der Waals surface area contributed by atoms with Crippen LogP contribution in [0.25, 0.3) is 0 Å². The minimum atomic E-state index is -0.494. The van der Waals surface area contributed by atoms with E-state index in [2.05, 4.69) is 25.5 Å². The Labute approximate surface area is 137 Å². The molecule has 3 heterocycles. The summed E-state index contributed by atoms with van der Waals surface area (Å²) in [7, 11) is 0. The van der Waals surface area contributed by atoms with Crippen LogP contribution in [-0.2, 0) is 4.74 Å². The van der Waals surface area contributed by atoms with Gasteiger partial charge < -0.3 is 9.64 Å². The van der Waals surface area contributed by atoms with Gasteiger partial charge >= 0.3 is 0 Å². The van der Waals surface area contributed by atoms with Crippen molar-refractivity contribution in [2.24, 2.45) is 5.10 Å². The van der Waals surface area contributed by atoms with E-state index < -0.39 is 5.82 Å². The summed E-state index contributed by atoms with van der Waals surface area (Å²) in [4.78, 5) is 24.5. The lowest BCUT2D eigenvalue weighted by molar-refractivity contribution is 0.111. The lowest BCUT2D eigenvalue weighted by Gasteiger charge is -2.27. The smallest absolute Gasteiger partial charge is 0.245 e. The van der Waals surface area contributed by atoms with E-state index in [1.54, 1.807) is 23.1 Å². The van der Waals surface area contributed by atoms with Crippen LogP contribution in [0, 0.1) is 5.82 Å². The number of aromatic nitrogens is 3. The van der Waals surface area contributed by atoms with Crippen molar-refractivity contribution in [2.75, 3.05) is 36.6 Å². The van der Waals surface area contributed by atoms with Gasteiger partial charge in [-0.3, -0.25) is 4.79 Å². The largest absolute Gasteiger partial charge is 0.378 e. The van der Waals surface area contributed by atoms with E-state index >= 15 is 0 Å². The number of aldehydes is 1. The van der Waals surface area contributed by atoms with Crippen LogP contribution in [0.1, 0.15) is 16.2 Å². The van der Waals surface area contributed by atoms with Gasteiger partial charge in [-0.15, -0.1) is 0 Å². The highest BCUT2D eigenvalue weighted by atomic mass is 19.1. The molecule has 0 amide bonds. The molecule has 8 nitrogen and oxygen atoms in total. The van der Waals surface area contributed by atoms with Gasteiger partial charge in [-0.25, -0.2) is 19.8 Å². The number of carbonyl (C=O) groups is 1. The first kappa shape index (κ1) is 15.9. The minimum absolute atomic E-state index is 0.167. The van der Waals surface area contributed by atoms with E-state index in [9.17, 15) is 9.18 Å². The van der Waals surface area contributed by atoms with Crippen LogP contribution in [0.2, 0.25) is 0 Å². The summed E-state index contributed by atoms with van der Waals surface area (Å²) in [5, 5.41) is 3.96. The molecule has 124 valence electrons. The Morgan fingerprint density at radius 1 is 1.25 bits per heavy atom. The maximum absolute atomic E-state index is 13.9. The summed E-state index contributed by atoms with van der Waals surface area (Å²) >= 11 is 0. The van der Waals surface area contributed by atoms with Crippen molar-refractivity contribution in [3.63, 3.8) is 0 Å². The lowest BCUT2D eigenvalue weighted by atomic mass is 10.3. The first-order valence-corrected chi connectivity index (χ1v) is 7.33. The standard InChI is InChI=1S/C15H15FN6O2/c16-13-9-17-15(20-14(13)22-4-6-24-7-5-22)21-18-8-11-2-1-3-12(10-23)19-11/h1-3,8-10H,4-7H2,(H,17,20,21)/b18-8+. The van der Waals surface area contributed by atoms with Crippen LogP contribution >= 0.6 is 0 Å². The molecule has 1 aliphatic heterocycles. The van der Waals surface area contributed by atoms with Crippen LogP contribution in [0.3, 0.4) is 0 Å². The quantitative estimate of drug-likeness (QED) is 0.498. The van der Waals surface area contributed by atoms with Crippen molar-refractivity contribution in [1.82, 2.24) is 15.0 Å². The van der Waals surface area contributed by atoms with Gasteiger partial charge in [0.15, 0.2) is 17.9 Å². The fourth-order valence-electron chi connectivity index (χ4n) is 2.17. The molecule has 24 heavy (non-hydrogen) atoms. The molecule has 1 N–H and O–H groups in total. The Hall–Kier alpha value is -2.94. The predicted octanol–water partition coefficient (Wildman–Crippen LogP) is 1.11. The maximum atomic E-state index is 13.9. The highest BCUT2D eigenvalue weighted by molar-refractivity contribution is 5.80. The number of morpholine rings is 1. The molecule has 2 aromatic rings. The number of anilines is 2. The number of rotatable bonds is 5. The lowest BCUT2D eigenvalue weighted by Crippen LogP contribution is -2.37. The van der Waals surface area contributed by atoms with Gasteiger partial charge in [0, 0.05) is 13.1 Å². The first-order valence-electron chi connectivity index (χ1n) is 7.33. The van der Waals surface area contributed by atoms with Crippen molar-refractivity contribution >= 4 is 24.3 Å². The number of nitrogens with zero attached hydrogens (tertiary/aromatic N) is 5. The monoisotopic (exact) mass is 330 g/mol. The molecular weight excluding hydrogens is 315 g/mol.